The minimum absolute atomic E-state index is 0.0576. The van der Waals surface area contributed by atoms with Crippen LogP contribution in [0.15, 0.2) is 103 Å². The van der Waals surface area contributed by atoms with Crippen LogP contribution in [0.3, 0.4) is 0 Å². The zero-order valence-electron chi connectivity index (χ0n) is 68.8. The molecule has 1 unspecified atom stereocenters. The molecule has 22 N–H and O–H groups in total. The van der Waals surface area contributed by atoms with Gasteiger partial charge >= 0.3 is 6.03 Å². The molecule has 11 aliphatic rings. The fourth-order valence-electron chi connectivity index (χ4n) is 18.4. The van der Waals surface area contributed by atoms with E-state index in [0.29, 0.717) is 24.8 Å². The zero-order valence-corrected chi connectivity index (χ0v) is 69.6. The summed E-state index contributed by atoms with van der Waals surface area (Å²) in [7, 11) is 1.49. The molecule has 18 atom stereocenters. The van der Waals surface area contributed by atoms with Gasteiger partial charge in [0.2, 0.25) is 59.3 Å². The van der Waals surface area contributed by atoms with Crippen LogP contribution in [0.4, 0.5) is 16.2 Å². The van der Waals surface area contributed by atoms with Crippen molar-refractivity contribution in [2.45, 2.75) is 221 Å². The highest BCUT2D eigenvalue weighted by molar-refractivity contribution is 6.32. The Morgan fingerprint density at radius 3 is 1.97 bits per heavy atom. The number of rotatable bonds is 19. The van der Waals surface area contributed by atoms with Gasteiger partial charge in [0, 0.05) is 53.1 Å². The molecule has 6 fully saturated rings. The van der Waals surface area contributed by atoms with E-state index in [9.17, 15) is 60.3 Å². The molecule has 15 bridgehead atoms. The van der Waals surface area contributed by atoms with Crippen molar-refractivity contribution in [1.82, 2.24) is 47.9 Å². The number of ether oxygens (including phenoxy) is 6. The quantitative estimate of drug-likeness (QED) is 0.0498. The lowest BCUT2D eigenvalue weighted by Crippen LogP contribution is -2.64. The summed E-state index contributed by atoms with van der Waals surface area (Å²) in [5.74, 6) is -12.9. The number of urea groups is 1. The standard InChI is InChI=1S/C87H105ClN12O24/c1-7-9-21-91-47-14-16-48(17-15-47)92-86(118)94-62(105)34-54-79(112)96-67-46-30-59(120-57-19-12-42(22-37(57)3)71(106)69(83(116)93-54)99-78(111)53(90-6)10-8-2)75(124-85-76(74(109)73(108)61(36-101)122-85)123-63-35-87(5,89)77(110)38(4)119-63)60(31-46)121-58-20-13-43(29-52(58)88)72(107)70-84(117)98-68(82(115)95-65-44-24-39-23-40(26-44)27-45(65)25-39)51-32-49(102)33-56(104)64(51)50-28-41(11-18-55(50)103)66(80(113)100-70)97-81(67)114/h11-20,22,28-33,38-40,44-45,53-54,61,63,65-74,76-77,85,90-91,101-104,106-110H,7-10,21,23-27,34-36,89H2,1-6H3,(H,93,116)(H,95,115)(H,96,112)(H,97,114)(H,98,117)(H,99,111)(H,100,113)(H2,92,94,105,118)/t38-,39?,40?,44?,45?,53+,54?,61+,63-,65?,66+,67+,68-,69+,70-,71+,72+,73+,74-,76+,77+,85-,87-/m0/s1. The first kappa shape index (κ1) is 89.3. The van der Waals surface area contributed by atoms with E-state index >= 15 is 28.8 Å². The number of aryl methyl sites for hydroxylation is 1. The van der Waals surface area contributed by atoms with Gasteiger partial charge in [-0.25, -0.2) is 4.79 Å². The number of halogens is 1. The minimum atomic E-state index is -2.38. The third-order valence-corrected chi connectivity index (χ3v) is 25.0. The van der Waals surface area contributed by atoms with Crippen LogP contribution in [-0.4, -0.2) is 204 Å². The molecule has 0 spiro atoms. The SMILES string of the molecule is CCCCNc1ccc(NC(=O)NC(=O)CC2NC(=O)[C@H](NC(=O)[C@@H](CCC)NC)[C@H](O)c3ccc(c(C)c3)Oc3cc4cc(c3O[C@@H]3O[C@H](CO)[C@@H](O)[C@H](O)[C@H]3O[C@H]3C[C@](C)(N)[C@H](O)[C@H](C)O3)Oc3ccc(cc3Cl)[C@@H](O)[C@@H]3NC(=O)[C@H](NC(=O)[C@@H]4NC2=O)c2ccc(O)c(c2)-c2c(O)cc(O)cc2[C@@H](C(=O)NC2C4CC5CC(C4)CC2C5)NC3=O)cc1. The number of aromatic hydroxyl groups is 3. The number of amides is 10. The predicted octanol–water partition coefficient (Wildman–Crippen LogP) is 4.45. The molecule has 4 saturated carbocycles. The monoisotopic (exact) mass is 1740 g/mol. The number of aliphatic hydroxyl groups is 6. The second-order valence-corrected chi connectivity index (χ2v) is 34.1. The lowest BCUT2D eigenvalue weighted by atomic mass is 9.54. The van der Waals surface area contributed by atoms with Gasteiger partial charge in [-0.1, -0.05) is 56.5 Å². The van der Waals surface area contributed by atoms with E-state index in [1.807, 2.05) is 6.92 Å². The highest BCUT2D eigenvalue weighted by Gasteiger charge is 2.53. The summed E-state index contributed by atoms with van der Waals surface area (Å²) in [6, 6.07) is 6.06. The van der Waals surface area contributed by atoms with Crippen LogP contribution in [-0.2, 0) is 52.6 Å². The van der Waals surface area contributed by atoms with E-state index in [1.165, 1.54) is 58.2 Å². The van der Waals surface area contributed by atoms with E-state index in [2.05, 4.69) is 58.5 Å². The number of fused-ring (bicyclic) bond motifs is 15. The van der Waals surface area contributed by atoms with E-state index in [0.717, 1.165) is 99.2 Å². The van der Waals surface area contributed by atoms with Gasteiger partial charge in [-0.05, 0) is 209 Å². The highest BCUT2D eigenvalue weighted by Crippen LogP contribution is 2.55. The number of nitrogens with two attached hydrogens (primary N) is 1. The number of nitrogens with one attached hydrogen (secondary N) is 11. The van der Waals surface area contributed by atoms with E-state index < -0.39 is 221 Å². The molecule has 37 heteroatoms. The molecule has 10 amide bonds. The molecule has 4 aliphatic carbocycles. The van der Waals surface area contributed by atoms with Crippen LogP contribution in [0.5, 0.6) is 46.0 Å². The van der Waals surface area contributed by atoms with Gasteiger partial charge < -0.3 is 133 Å². The fourth-order valence-corrected chi connectivity index (χ4v) is 18.6. The molecule has 124 heavy (non-hydrogen) atoms. The first-order valence-corrected chi connectivity index (χ1v) is 42.1. The smallest absolute Gasteiger partial charge is 0.325 e. The van der Waals surface area contributed by atoms with Crippen molar-refractivity contribution >= 4 is 76.3 Å². The van der Waals surface area contributed by atoms with Crippen molar-refractivity contribution < 1.29 is 118 Å². The number of unbranched alkanes of at least 4 members (excludes halogenated alkanes) is 1. The van der Waals surface area contributed by atoms with Crippen LogP contribution in [0, 0.1) is 30.6 Å². The Hall–Kier alpha value is -11.0. The molecule has 664 valence electrons. The van der Waals surface area contributed by atoms with Crippen LogP contribution < -0.4 is 78.4 Å². The molecule has 6 aromatic carbocycles. The molecule has 0 aromatic heterocycles. The van der Waals surface area contributed by atoms with E-state index in [4.69, 9.17) is 45.8 Å². The van der Waals surface area contributed by atoms with Crippen molar-refractivity contribution in [3.05, 3.63) is 142 Å². The number of carbonyl (C=O) groups excluding carboxylic acids is 9. The predicted molar refractivity (Wildman–Crippen MR) is 444 cm³/mol. The Morgan fingerprint density at radius 1 is 0.669 bits per heavy atom. The maximum Gasteiger partial charge on any atom is 0.325 e. The second kappa shape index (κ2) is 37.4. The van der Waals surface area contributed by atoms with Crippen LogP contribution in [0.1, 0.15) is 162 Å². The van der Waals surface area contributed by atoms with Crippen molar-refractivity contribution in [3.63, 3.8) is 0 Å². The number of anilines is 2. The Balaban J connectivity index is 0.955. The number of aliphatic hydroxyl groups excluding tert-OH is 6. The molecule has 0 radical (unpaired) electrons. The maximum absolute atomic E-state index is 16.7. The molecule has 7 aliphatic heterocycles. The summed E-state index contributed by atoms with van der Waals surface area (Å²) in [5, 5.41) is 136. The van der Waals surface area contributed by atoms with Gasteiger partial charge in [-0.15, -0.1) is 0 Å². The molecular weight excluding hydrogens is 1630 g/mol. The molecular formula is C87H105ClN12O24. The molecule has 36 nitrogen and oxygen atoms in total. The summed E-state index contributed by atoms with van der Waals surface area (Å²) in [6.45, 7) is 8.07. The second-order valence-electron chi connectivity index (χ2n) is 33.7. The number of phenols is 3. The topological polar surface area (TPSA) is 549 Å². The van der Waals surface area contributed by atoms with Gasteiger partial charge in [0.05, 0.1) is 36.3 Å². The first-order chi connectivity index (χ1) is 59.2. The molecule has 6 aromatic rings. The van der Waals surface area contributed by atoms with Crippen LogP contribution in [0.2, 0.25) is 5.02 Å². The third kappa shape index (κ3) is 19.1. The number of imide groups is 1. The average Bonchev–Trinajstić information content (AvgIpc) is 0.760. The first-order valence-electron chi connectivity index (χ1n) is 41.7. The van der Waals surface area contributed by atoms with Gasteiger partial charge in [-0.3, -0.25) is 43.7 Å². The summed E-state index contributed by atoms with van der Waals surface area (Å²) >= 11 is 7.30. The molecule has 17 rings (SSSR count). The summed E-state index contributed by atoms with van der Waals surface area (Å²) in [4.78, 5) is 139. The summed E-state index contributed by atoms with van der Waals surface area (Å²) < 4.78 is 39.3. The Bertz CT molecular complexity index is 5040. The number of phenolic OH excluding ortho intramolecular Hbond substituents is 3. The Labute approximate surface area is 717 Å². The molecule has 2 saturated heterocycles. The lowest BCUT2D eigenvalue weighted by molar-refractivity contribution is -0.333. The summed E-state index contributed by atoms with van der Waals surface area (Å²) in [5.41, 5.74) is 4.26. The van der Waals surface area contributed by atoms with Gasteiger partial charge in [0.1, 0.15) is 95.5 Å². The van der Waals surface area contributed by atoms with Crippen molar-refractivity contribution in [2.24, 2.45) is 29.4 Å². The Kier molecular flexibility index (Phi) is 27.0. The van der Waals surface area contributed by atoms with Crippen molar-refractivity contribution in [2.75, 3.05) is 30.8 Å². The van der Waals surface area contributed by atoms with Crippen LogP contribution >= 0.6 is 11.6 Å². The number of hydrogen-bond donors (Lipinski definition) is 21. The van der Waals surface area contributed by atoms with Crippen molar-refractivity contribution in [3.8, 4) is 57.1 Å². The van der Waals surface area contributed by atoms with E-state index in [1.54, 1.807) is 31.2 Å². The zero-order chi connectivity index (χ0) is 88.6. The normalized spacial score (nSPS) is 30.4. The average molecular weight is 1740 g/mol. The van der Waals surface area contributed by atoms with Gasteiger partial charge in [-0.2, -0.15) is 0 Å². The van der Waals surface area contributed by atoms with Crippen LogP contribution in [0.25, 0.3) is 11.1 Å². The summed E-state index contributed by atoms with van der Waals surface area (Å²) in [6.07, 6.45) is -11.9. The highest BCUT2D eigenvalue weighted by atomic mass is 35.5. The largest absolute Gasteiger partial charge is 0.508 e. The number of likely N-dealkylation sites (N-methyl/N-ethyl adjacent to an activating group) is 1. The van der Waals surface area contributed by atoms with Gasteiger partial charge in [0.15, 0.2) is 23.9 Å². The Morgan fingerprint density at radius 2 is 1.31 bits per heavy atom. The maximum atomic E-state index is 16.7. The van der Waals surface area contributed by atoms with E-state index in [-0.39, 0.29) is 86.8 Å². The third-order valence-electron chi connectivity index (χ3n) is 24.7. The fraction of sp³-hybridized carbons (Fsp3) is 0.483. The minimum Gasteiger partial charge on any atom is -0.508 e. The number of hydrogen-bond acceptors (Lipinski definition) is 27. The number of carbonyl (C=O) groups is 9. The number of benzene rings is 6. The van der Waals surface area contributed by atoms with Crippen molar-refractivity contribution in [1.29, 1.82) is 0 Å². The molecule has 7 heterocycles. The lowest BCUT2D eigenvalue weighted by Gasteiger charge is -2.54. The van der Waals surface area contributed by atoms with Gasteiger partial charge in [0.25, 0.3) is 0 Å².